The summed E-state index contributed by atoms with van der Waals surface area (Å²) in [5.74, 6) is 0. The molecular formula is C15H31N3O. The molecule has 0 aromatic heterocycles. The van der Waals surface area contributed by atoms with Gasteiger partial charge in [-0.15, -0.1) is 0 Å². The van der Waals surface area contributed by atoms with E-state index >= 15 is 0 Å². The number of nitrogens with zero attached hydrogens (tertiary/aromatic N) is 2. The minimum absolute atomic E-state index is 0.344. The highest BCUT2D eigenvalue weighted by atomic mass is 16.5. The molecule has 0 amide bonds. The summed E-state index contributed by atoms with van der Waals surface area (Å²) in [5.41, 5.74) is 0.344. The van der Waals surface area contributed by atoms with Gasteiger partial charge >= 0.3 is 0 Å². The molecule has 1 N–H and O–H groups in total. The molecule has 0 aromatic rings. The van der Waals surface area contributed by atoms with E-state index in [1.54, 1.807) is 0 Å². The monoisotopic (exact) mass is 269 g/mol. The lowest BCUT2D eigenvalue weighted by Crippen LogP contribution is -2.49. The van der Waals surface area contributed by atoms with Crippen molar-refractivity contribution in [3.8, 4) is 0 Å². The smallest absolute Gasteiger partial charge is 0.0546 e. The zero-order valence-electron chi connectivity index (χ0n) is 12.8. The van der Waals surface area contributed by atoms with Crippen LogP contribution in [0.5, 0.6) is 0 Å². The van der Waals surface area contributed by atoms with Gasteiger partial charge in [0.05, 0.1) is 6.61 Å². The molecule has 1 atom stereocenters. The Labute approximate surface area is 118 Å². The molecule has 4 heteroatoms. The van der Waals surface area contributed by atoms with Gasteiger partial charge < -0.3 is 19.9 Å². The molecule has 2 fully saturated rings. The molecule has 2 aliphatic rings. The Kier molecular flexibility index (Phi) is 6.07. The van der Waals surface area contributed by atoms with E-state index in [1.807, 2.05) is 0 Å². The third-order valence-electron chi connectivity index (χ3n) is 4.53. The van der Waals surface area contributed by atoms with Crippen molar-refractivity contribution in [3.05, 3.63) is 0 Å². The molecule has 2 aliphatic heterocycles. The summed E-state index contributed by atoms with van der Waals surface area (Å²) in [5, 5.41) is 3.56. The van der Waals surface area contributed by atoms with Crippen LogP contribution in [-0.4, -0.2) is 75.9 Å². The number of nitrogens with one attached hydrogen (secondary N) is 1. The van der Waals surface area contributed by atoms with Crippen LogP contribution in [0.2, 0.25) is 0 Å². The normalized spacial score (nSPS) is 31.3. The number of hydrogen-bond acceptors (Lipinski definition) is 4. The Bertz CT molecular complexity index is 254. The van der Waals surface area contributed by atoms with Gasteiger partial charge in [0.2, 0.25) is 0 Å². The van der Waals surface area contributed by atoms with Gasteiger partial charge in [0.25, 0.3) is 0 Å². The Morgan fingerprint density at radius 2 is 2.05 bits per heavy atom. The van der Waals surface area contributed by atoms with Crippen molar-refractivity contribution >= 4 is 0 Å². The van der Waals surface area contributed by atoms with Crippen LogP contribution in [0.15, 0.2) is 0 Å². The third-order valence-corrected chi connectivity index (χ3v) is 4.53. The van der Waals surface area contributed by atoms with Gasteiger partial charge in [-0.1, -0.05) is 6.92 Å². The van der Waals surface area contributed by atoms with E-state index in [2.05, 4.69) is 29.1 Å². The maximum Gasteiger partial charge on any atom is 0.0546 e. The van der Waals surface area contributed by atoms with E-state index in [0.717, 1.165) is 26.3 Å². The van der Waals surface area contributed by atoms with Crippen molar-refractivity contribution in [2.75, 3.05) is 66.1 Å². The summed E-state index contributed by atoms with van der Waals surface area (Å²) in [6.07, 6.45) is 3.83. The molecule has 0 aromatic carbocycles. The molecule has 0 saturated carbocycles. The van der Waals surface area contributed by atoms with Crippen LogP contribution in [0.1, 0.15) is 26.2 Å². The van der Waals surface area contributed by atoms with E-state index in [4.69, 9.17) is 4.74 Å². The fourth-order valence-electron chi connectivity index (χ4n) is 3.35. The largest absolute Gasteiger partial charge is 0.381 e. The summed E-state index contributed by atoms with van der Waals surface area (Å²) < 4.78 is 5.80. The zero-order chi connectivity index (χ0) is 13.6. The average Bonchev–Trinajstić information content (AvgIpc) is 2.63. The van der Waals surface area contributed by atoms with Gasteiger partial charge in [-0.05, 0) is 45.9 Å². The van der Waals surface area contributed by atoms with Gasteiger partial charge in [-0.25, -0.2) is 0 Å². The van der Waals surface area contributed by atoms with Crippen LogP contribution in [-0.2, 0) is 4.74 Å². The van der Waals surface area contributed by atoms with Crippen LogP contribution < -0.4 is 5.32 Å². The van der Waals surface area contributed by atoms with Crippen molar-refractivity contribution in [1.29, 1.82) is 0 Å². The topological polar surface area (TPSA) is 27.7 Å². The Balaban J connectivity index is 1.90. The van der Waals surface area contributed by atoms with Crippen LogP contribution >= 0.6 is 0 Å². The second-order valence-electron chi connectivity index (χ2n) is 6.37. The molecule has 19 heavy (non-hydrogen) atoms. The molecular weight excluding hydrogens is 238 g/mol. The first-order valence-corrected chi connectivity index (χ1v) is 7.93. The fourth-order valence-corrected chi connectivity index (χ4v) is 3.35. The van der Waals surface area contributed by atoms with Crippen molar-refractivity contribution in [2.45, 2.75) is 26.2 Å². The lowest BCUT2D eigenvalue weighted by molar-refractivity contribution is -0.0253. The standard InChI is InChI=1S/C15H31N3O/c1-3-16-12-15(6-4-11-19-14-15)13-18-8-5-7-17(2)9-10-18/h16H,3-14H2,1-2H3. The first kappa shape index (κ1) is 15.2. The predicted molar refractivity (Wildman–Crippen MR) is 79.6 cm³/mol. The number of likely N-dealkylation sites (N-methyl/N-ethyl adjacent to an activating group) is 1. The minimum atomic E-state index is 0.344. The molecule has 2 saturated heterocycles. The lowest BCUT2D eigenvalue weighted by Gasteiger charge is -2.41. The average molecular weight is 269 g/mol. The summed E-state index contributed by atoms with van der Waals surface area (Å²) in [6.45, 7) is 12.4. The van der Waals surface area contributed by atoms with Gasteiger partial charge in [-0.2, -0.15) is 0 Å². The van der Waals surface area contributed by atoms with Gasteiger partial charge in [0.15, 0.2) is 0 Å². The second kappa shape index (κ2) is 7.58. The lowest BCUT2D eigenvalue weighted by atomic mass is 9.81. The Hall–Kier alpha value is -0.160. The summed E-state index contributed by atoms with van der Waals surface area (Å²) in [6, 6.07) is 0. The number of hydrogen-bond donors (Lipinski definition) is 1. The molecule has 112 valence electrons. The van der Waals surface area contributed by atoms with E-state index in [9.17, 15) is 0 Å². The van der Waals surface area contributed by atoms with Crippen LogP contribution in [0.3, 0.4) is 0 Å². The van der Waals surface area contributed by atoms with Gasteiger partial charge in [0, 0.05) is 38.2 Å². The van der Waals surface area contributed by atoms with E-state index in [0.29, 0.717) is 5.41 Å². The number of ether oxygens (including phenoxy) is 1. The van der Waals surface area contributed by atoms with Crippen molar-refractivity contribution in [1.82, 2.24) is 15.1 Å². The van der Waals surface area contributed by atoms with E-state index in [1.165, 1.54) is 52.0 Å². The predicted octanol–water partition coefficient (Wildman–Crippen LogP) is 1.03. The highest BCUT2D eigenvalue weighted by molar-refractivity contribution is 4.88. The van der Waals surface area contributed by atoms with Crippen LogP contribution in [0.25, 0.3) is 0 Å². The van der Waals surface area contributed by atoms with Crippen LogP contribution in [0, 0.1) is 5.41 Å². The van der Waals surface area contributed by atoms with Crippen molar-refractivity contribution in [2.24, 2.45) is 5.41 Å². The maximum atomic E-state index is 5.80. The molecule has 2 rings (SSSR count). The molecule has 0 bridgehead atoms. The minimum Gasteiger partial charge on any atom is -0.381 e. The third kappa shape index (κ3) is 4.71. The van der Waals surface area contributed by atoms with E-state index < -0.39 is 0 Å². The highest BCUT2D eigenvalue weighted by Gasteiger charge is 2.34. The molecule has 2 heterocycles. The molecule has 0 aliphatic carbocycles. The fraction of sp³-hybridized carbons (Fsp3) is 1.00. The van der Waals surface area contributed by atoms with Gasteiger partial charge in [-0.3, -0.25) is 0 Å². The quantitative estimate of drug-likeness (QED) is 0.807. The Morgan fingerprint density at radius 3 is 2.79 bits per heavy atom. The molecule has 4 nitrogen and oxygen atoms in total. The van der Waals surface area contributed by atoms with E-state index in [-0.39, 0.29) is 0 Å². The maximum absolute atomic E-state index is 5.80. The molecule has 0 radical (unpaired) electrons. The number of rotatable bonds is 5. The van der Waals surface area contributed by atoms with Gasteiger partial charge in [0.1, 0.15) is 0 Å². The second-order valence-corrected chi connectivity index (χ2v) is 6.37. The highest BCUT2D eigenvalue weighted by Crippen LogP contribution is 2.29. The molecule has 1 unspecified atom stereocenters. The SMILES string of the molecule is CCNCC1(CN2CCCN(C)CC2)CCCOC1. The van der Waals surface area contributed by atoms with Crippen molar-refractivity contribution < 1.29 is 4.74 Å². The molecule has 0 spiro atoms. The zero-order valence-corrected chi connectivity index (χ0v) is 12.8. The first-order chi connectivity index (χ1) is 9.24. The summed E-state index contributed by atoms with van der Waals surface area (Å²) >= 11 is 0. The Morgan fingerprint density at radius 1 is 1.16 bits per heavy atom. The summed E-state index contributed by atoms with van der Waals surface area (Å²) in [7, 11) is 2.24. The van der Waals surface area contributed by atoms with Crippen LogP contribution in [0.4, 0.5) is 0 Å². The summed E-state index contributed by atoms with van der Waals surface area (Å²) in [4.78, 5) is 5.11. The van der Waals surface area contributed by atoms with Crippen molar-refractivity contribution in [3.63, 3.8) is 0 Å². The first-order valence-electron chi connectivity index (χ1n) is 7.93.